The summed E-state index contributed by atoms with van der Waals surface area (Å²) in [5, 5.41) is 8.94. The van der Waals surface area contributed by atoms with E-state index in [9.17, 15) is 4.79 Å². The molecule has 2 heterocycles. The Morgan fingerprint density at radius 3 is 2.86 bits per heavy atom. The molecule has 1 atom stereocenters. The SMILES string of the molecule is O=C(O)N1CCCC2(CCCSN2)C1. The lowest BCUT2D eigenvalue weighted by Gasteiger charge is -2.44. The van der Waals surface area contributed by atoms with Crippen LogP contribution in [0.25, 0.3) is 0 Å². The van der Waals surface area contributed by atoms with Crippen LogP contribution < -0.4 is 4.72 Å². The summed E-state index contributed by atoms with van der Waals surface area (Å²) in [6.07, 6.45) is 3.64. The van der Waals surface area contributed by atoms with Gasteiger partial charge in [-0.25, -0.2) is 4.79 Å². The molecule has 2 saturated heterocycles. The van der Waals surface area contributed by atoms with Gasteiger partial charge in [-0.1, -0.05) is 11.9 Å². The van der Waals surface area contributed by atoms with Gasteiger partial charge in [0.05, 0.1) is 0 Å². The average molecular weight is 216 g/mol. The topological polar surface area (TPSA) is 52.6 Å². The number of carboxylic acid groups (broad SMARTS) is 1. The Bertz CT molecular complexity index is 223. The predicted molar refractivity (Wildman–Crippen MR) is 56.4 cm³/mol. The first-order valence-electron chi connectivity index (χ1n) is 5.09. The van der Waals surface area contributed by atoms with E-state index in [1.165, 1.54) is 6.42 Å². The molecule has 1 spiro atoms. The van der Waals surface area contributed by atoms with Crippen molar-refractivity contribution in [3.63, 3.8) is 0 Å². The molecule has 14 heavy (non-hydrogen) atoms. The minimum absolute atomic E-state index is 0.0690. The number of hydrogen-bond donors (Lipinski definition) is 2. The van der Waals surface area contributed by atoms with Gasteiger partial charge in [-0.15, -0.1) is 0 Å². The fourth-order valence-corrected chi connectivity index (χ4v) is 3.29. The van der Waals surface area contributed by atoms with E-state index in [-0.39, 0.29) is 5.54 Å². The van der Waals surface area contributed by atoms with Gasteiger partial charge >= 0.3 is 6.09 Å². The molecule has 2 fully saturated rings. The zero-order valence-electron chi connectivity index (χ0n) is 8.16. The third kappa shape index (κ3) is 1.98. The van der Waals surface area contributed by atoms with Crippen molar-refractivity contribution >= 4 is 18.0 Å². The second-order valence-corrected chi connectivity index (χ2v) is 5.04. The molecule has 80 valence electrons. The number of amides is 1. The predicted octanol–water partition coefficient (Wildman–Crippen LogP) is 1.53. The van der Waals surface area contributed by atoms with Gasteiger partial charge in [0.2, 0.25) is 0 Å². The molecule has 0 aromatic rings. The van der Waals surface area contributed by atoms with Crippen molar-refractivity contribution in [3.05, 3.63) is 0 Å². The molecule has 2 rings (SSSR count). The maximum absolute atomic E-state index is 10.9. The van der Waals surface area contributed by atoms with E-state index in [4.69, 9.17) is 5.11 Å². The Morgan fingerprint density at radius 2 is 2.21 bits per heavy atom. The first kappa shape index (κ1) is 10.1. The van der Waals surface area contributed by atoms with Gasteiger partial charge in [-0.05, 0) is 25.7 Å². The van der Waals surface area contributed by atoms with Crippen LogP contribution in [0, 0.1) is 0 Å². The fraction of sp³-hybridized carbons (Fsp3) is 0.889. The van der Waals surface area contributed by atoms with Crippen LogP contribution >= 0.6 is 11.9 Å². The van der Waals surface area contributed by atoms with Gasteiger partial charge in [-0.2, -0.15) is 0 Å². The van der Waals surface area contributed by atoms with Crippen LogP contribution in [-0.2, 0) is 0 Å². The Kier molecular flexibility index (Phi) is 2.88. The van der Waals surface area contributed by atoms with Crippen LogP contribution in [0.4, 0.5) is 4.79 Å². The Labute approximate surface area is 88.2 Å². The molecular weight excluding hydrogens is 200 g/mol. The van der Waals surface area contributed by atoms with Gasteiger partial charge < -0.3 is 10.0 Å². The van der Waals surface area contributed by atoms with Gasteiger partial charge in [-0.3, -0.25) is 4.72 Å². The van der Waals surface area contributed by atoms with E-state index in [1.54, 1.807) is 16.8 Å². The van der Waals surface area contributed by atoms with E-state index >= 15 is 0 Å². The van der Waals surface area contributed by atoms with Crippen LogP contribution in [-0.4, -0.2) is 40.5 Å². The highest BCUT2D eigenvalue weighted by Gasteiger charge is 2.38. The molecule has 2 aliphatic heterocycles. The minimum Gasteiger partial charge on any atom is -0.465 e. The summed E-state index contributed by atoms with van der Waals surface area (Å²) in [4.78, 5) is 12.4. The second-order valence-electron chi connectivity index (χ2n) is 4.14. The molecule has 2 aliphatic rings. The molecule has 0 aromatic carbocycles. The van der Waals surface area contributed by atoms with E-state index in [0.717, 1.165) is 25.0 Å². The number of piperidine rings is 1. The number of carbonyl (C=O) groups is 1. The fourth-order valence-electron chi connectivity index (χ4n) is 2.32. The largest absolute Gasteiger partial charge is 0.465 e. The number of rotatable bonds is 0. The highest BCUT2D eigenvalue weighted by Crippen LogP contribution is 2.31. The van der Waals surface area contributed by atoms with Gasteiger partial charge in [0.15, 0.2) is 0 Å². The van der Waals surface area contributed by atoms with Crippen molar-refractivity contribution in [1.82, 2.24) is 9.62 Å². The van der Waals surface area contributed by atoms with Gasteiger partial charge in [0.25, 0.3) is 0 Å². The lowest BCUT2D eigenvalue weighted by molar-refractivity contribution is 0.102. The zero-order chi connectivity index (χ0) is 10.0. The molecule has 2 N–H and O–H groups in total. The second kappa shape index (κ2) is 3.98. The molecule has 5 heteroatoms. The number of hydrogen-bond acceptors (Lipinski definition) is 3. The molecule has 1 unspecified atom stereocenters. The van der Waals surface area contributed by atoms with Gasteiger partial charge in [0, 0.05) is 24.4 Å². The van der Waals surface area contributed by atoms with Crippen LogP contribution in [0.3, 0.4) is 0 Å². The highest BCUT2D eigenvalue weighted by molar-refractivity contribution is 7.97. The van der Waals surface area contributed by atoms with Crippen molar-refractivity contribution in [3.8, 4) is 0 Å². The summed E-state index contributed by atoms with van der Waals surface area (Å²) >= 11 is 1.74. The smallest absolute Gasteiger partial charge is 0.407 e. The first-order valence-corrected chi connectivity index (χ1v) is 6.07. The Balaban J connectivity index is 2.01. The van der Waals surface area contributed by atoms with Crippen molar-refractivity contribution in [2.75, 3.05) is 18.8 Å². The summed E-state index contributed by atoms with van der Waals surface area (Å²) in [5.74, 6) is 1.15. The molecule has 0 saturated carbocycles. The van der Waals surface area contributed by atoms with Crippen molar-refractivity contribution in [1.29, 1.82) is 0 Å². The lowest BCUT2D eigenvalue weighted by atomic mass is 9.86. The number of nitrogens with zero attached hydrogens (tertiary/aromatic N) is 1. The van der Waals surface area contributed by atoms with E-state index < -0.39 is 6.09 Å². The minimum atomic E-state index is -0.776. The molecule has 0 aromatic heterocycles. The van der Waals surface area contributed by atoms with Gasteiger partial charge in [0.1, 0.15) is 0 Å². The maximum atomic E-state index is 10.9. The summed E-state index contributed by atoms with van der Waals surface area (Å²) < 4.78 is 3.43. The maximum Gasteiger partial charge on any atom is 0.407 e. The summed E-state index contributed by atoms with van der Waals surface area (Å²) in [5.41, 5.74) is 0.0690. The quantitative estimate of drug-likeness (QED) is 0.603. The highest BCUT2D eigenvalue weighted by atomic mass is 32.2. The average Bonchev–Trinajstić information content (AvgIpc) is 2.19. The molecule has 4 nitrogen and oxygen atoms in total. The third-order valence-corrected chi connectivity index (χ3v) is 4.11. The van der Waals surface area contributed by atoms with Crippen LogP contribution in [0.5, 0.6) is 0 Å². The summed E-state index contributed by atoms with van der Waals surface area (Å²) in [6, 6.07) is 0. The molecule has 0 radical (unpaired) electrons. The Hall–Kier alpha value is -0.420. The molecule has 0 bridgehead atoms. The normalized spacial score (nSPS) is 33.3. The Morgan fingerprint density at radius 1 is 1.43 bits per heavy atom. The van der Waals surface area contributed by atoms with Crippen molar-refractivity contribution in [2.24, 2.45) is 0 Å². The monoisotopic (exact) mass is 216 g/mol. The lowest BCUT2D eigenvalue weighted by Crippen LogP contribution is -2.57. The van der Waals surface area contributed by atoms with E-state index in [1.807, 2.05) is 0 Å². The zero-order valence-corrected chi connectivity index (χ0v) is 8.98. The van der Waals surface area contributed by atoms with Crippen molar-refractivity contribution < 1.29 is 9.90 Å². The summed E-state index contributed by atoms with van der Waals surface area (Å²) in [6.45, 7) is 1.36. The van der Waals surface area contributed by atoms with Crippen LogP contribution in [0.15, 0.2) is 0 Å². The molecule has 1 amide bonds. The molecular formula is C9H16N2O2S. The van der Waals surface area contributed by atoms with Crippen LogP contribution in [0.2, 0.25) is 0 Å². The standard InChI is InChI=1S/C9H16N2O2S/c12-8(13)11-5-1-3-9(7-11)4-2-6-14-10-9/h10H,1-7H2,(H,12,13). The third-order valence-electron chi connectivity index (χ3n) is 3.04. The number of nitrogens with one attached hydrogen (secondary N) is 1. The van der Waals surface area contributed by atoms with E-state index in [2.05, 4.69) is 4.72 Å². The summed E-state index contributed by atoms with van der Waals surface area (Å²) in [7, 11) is 0. The number of likely N-dealkylation sites (tertiary alicyclic amines) is 1. The first-order chi connectivity index (χ1) is 6.72. The van der Waals surface area contributed by atoms with Crippen LogP contribution in [0.1, 0.15) is 25.7 Å². The van der Waals surface area contributed by atoms with Crippen molar-refractivity contribution in [2.45, 2.75) is 31.2 Å². The molecule has 0 aliphatic carbocycles. The van der Waals surface area contributed by atoms with E-state index in [0.29, 0.717) is 13.1 Å².